The summed E-state index contributed by atoms with van der Waals surface area (Å²) in [5.74, 6) is 1.31. The Hall–Kier alpha value is -5.23. The minimum Gasteiger partial charge on any atom is -0.482 e. The zero-order chi connectivity index (χ0) is 28.9. The number of ether oxygens (including phenoxy) is 2. The van der Waals surface area contributed by atoms with Gasteiger partial charge in [-0.15, -0.1) is 12.3 Å². The molecule has 0 bridgehead atoms. The van der Waals surface area contributed by atoms with Crippen LogP contribution in [0.2, 0.25) is 0 Å². The predicted molar refractivity (Wildman–Crippen MR) is 153 cm³/mol. The van der Waals surface area contributed by atoms with Gasteiger partial charge in [0.1, 0.15) is 18.4 Å². The zero-order valence-electron chi connectivity index (χ0n) is 22.4. The summed E-state index contributed by atoms with van der Waals surface area (Å²) in [7, 11) is 1.62. The molecule has 9 nitrogen and oxygen atoms in total. The van der Waals surface area contributed by atoms with Crippen molar-refractivity contribution in [3.63, 3.8) is 0 Å². The highest BCUT2D eigenvalue weighted by Gasteiger charge is 2.30. The summed E-state index contributed by atoms with van der Waals surface area (Å²) in [6, 6.07) is 20.3. The number of nitrogens with zero attached hydrogens (tertiary/aromatic N) is 1. The number of hydrogen-bond acceptors (Lipinski definition) is 5. The molecule has 208 valence electrons. The fourth-order valence-corrected chi connectivity index (χ4v) is 5.22. The molecule has 1 atom stereocenters. The molecule has 4 aromatic rings. The molecule has 0 spiro atoms. The standard InChI is InChI=1S/C32H29N3O6/c1-3-8-29(31(38)35(2)17-20-16-33-28-14-13-21(15-26(20)28)40-19-30(36)37)34-32(39)41-18-27-24-11-6-4-9-22(24)23-10-5-7-12-25(23)27/h1,4-7,9-16,27,29,33H,8,17-19H2,2H3,(H,34,39)(H,36,37). The maximum atomic E-state index is 13.3. The van der Waals surface area contributed by atoms with E-state index in [0.29, 0.717) is 5.75 Å². The van der Waals surface area contributed by atoms with Crippen LogP contribution in [0, 0.1) is 12.3 Å². The molecule has 0 saturated heterocycles. The molecule has 1 aliphatic rings. The summed E-state index contributed by atoms with van der Waals surface area (Å²) in [6.07, 6.45) is 6.57. The average Bonchev–Trinajstić information content (AvgIpc) is 3.52. The molecule has 1 aliphatic carbocycles. The van der Waals surface area contributed by atoms with Gasteiger partial charge in [0, 0.05) is 43.0 Å². The van der Waals surface area contributed by atoms with Crippen molar-refractivity contribution in [3.05, 3.63) is 89.6 Å². The molecule has 0 radical (unpaired) electrons. The topological polar surface area (TPSA) is 121 Å². The van der Waals surface area contributed by atoms with Gasteiger partial charge < -0.3 is 29.8 Å². The van der Waals surface area contributed by atoms with Crippen LogP contribution < -0.4 is 10.1 Å². The van der Waals surface area contributed by atoms with Gasteiger partial charge >= 0.3 is 12.1 Å². The van der Waals surface area contributed by atoms with Crippen LogP contribution in [0.4, 0.5) is 4.79 Å². The van der Waals surface area contributed by atoms with E-state index in [1.165, 1.54) is 4.90 Å². The third-order valence-corrected chi connectivity index (χ3v) is 7.14. The van der Waals surface area contributed by atoms with Crippen molar-refractivity contribution in [3.8, 4) is 29.2 Å². The van der Waals surface area contributed by atoms with Gasteiger partial charge in [-0.25, -0.2) is 9.59 Å². The van der Waals surface area contributed by atoms with Crippen LogP contribution in [0.25, 0.3) is 22.0 Å². The van der Waals surface area contributed by atoms with Gasteiger partial charge in [0.15, 0.2) is 6.61 Å². The van der Waals surface area contributed by atoms with Crippen LogP contribution in [0.1, 0.15) is 29.0 Å². The lowest BCUT2D eigenvalue weighted by Gasteiger charge is -2.23. The quantitative estimate of drug-likeness (QED) is 0.249. The summed E-state index contributed by atoms with van der Waals surface area (Å²) < 4.78 is 10.9. The molecule has 3 aromatic carbocycles. The summed E-state index contributed by atoms with van der Waals surface area (Å²) in [5.41, 5.74) is 6.02. The van der Waals surface area contributed by atoms with Gasteiger partial charge in [0.2, 0.25) is 5.91 Å². The highest BCUT2D eigenvalue weighted by atomic mass is 16.5. The molecule has 1 unspecified atom stereocenters. The Labute approximate surface area is 237 Å². The number of aromatic amines is 1. The second-order valence-corrected chi connectivity index (χ2v) is 9.83. The minimum absolute atomic E-state index is 0.00553. The minimum atomic E-state index is -1.08. The number of rotatable bonds is 10. The van der Waals surface area contributed by atoms with Crippen molar-refractivity contribution >= 4 is 28.9 Å². The molecule has 41 heavy (non-hydrogen) atoms. The van der Waals surface area contributed by atoms with E-state index in [4.69, 9.17) is 21.0 Å². The number of fused-ring (bicyclic) bond motifs is 4. The molecule has 0 aliphatic heterocycles. The van der Waals surface area contributed by atoms with Crippen LogP contribution >= 0.6 is 0 Å². The Morgan fingerprint density at radius 3 is 2.41 bits per heavy atom. The number of aromatic nitrogens is 1. The first-order valence-corrected chi connectivity index (χ1v) is 13.1. The van der Waals surface area contributed by atoms with Crippen LogP contribution in [0.3, 0.4) is 0 Å². The Balaban J connectivity index is 1.23. The first-order chi connectivity index (χ1) is 19.9. The number of H-pyrrole nitrogens is 1. The summed E-state index contributed by atoms with van der Waals surface area (Å²) >= 11 is 0. The highest BCUT2D eigenvalue weighted by Crippen LogP contribution is 2.44. The number of alkyl carbamates (subject to hydrolysis) is 1. The fraction of sp³-hybridized carbons (Fsp3) is 0.219. The van der Waals surface area contributed by atoms with Gasteiger partial charge in [-0.3, -0.25) is 4.79 Å². The fourth-order valence-electron chi connectivity index (χ4n) is 5.22. The maximum Gasteiger partial charge on any atom is 0.407 e. The van der Waals surface area contributed by atoms with Gasteiger partial charge in [-0.2, -0.15) is 0 Å². The van der Waals surface area contributed by atoms with Gasteiger partial charge in [0.05, 0.1) is 0 Å². The SMILES string of the molecule is C#CCC(NC(=O)OCC1c2ccccc2-c2ccccc21)C(=O)N(C)Cc1c[nH]c2ccc(OCC(=O)O)cc12. The number of amides is 2. The number of terminal acetylenes is 1. The van der Waals surface area contributed by atoms with E-state index in [1.807, 2.05) is 36.4 Å². The lowest BCUT2D eigenvalue weighted by molar-refractivity contribution is -0.139. The largest absolute Gasteiger partial charge is 0.482 e. The number of likely N-dealkylation sites (N-methyl/N-ethyl adjacent to an activating group) is 1. The zero-order valence-corrected chi connectivity index (χ0v) is 22.4. The molecule has 3 N–H and O–H groups in total. The van der Waals surface area contributed by atoms with Crippen molar-refractivity contribution in [2.75, 3.05) is 20.3 Å². The highest BCUT2D eigenvalue weighted by molar-refractivity contribution is 5.88. The number of carbonyl (C=O) groups is 3. The van der Waals surface area contributed by atoms with Crippen molar-refractivity contribution in [1.29, 1.82) is 0 Å². The molecule has 0 fully saturated rings. The number of nitrogens with one attached hydrogen (secondary N) is 2. The predicted octanol–water partition coefficient (Wildman–Crippen LogP) is 4.52. The lowest BCUT2D eigenvalue weighted by Crippen LogP contribution is -2.47. The smallest absolute Gasteiger partial charge is 0.407 e. The number of benzene rings is 3. The molecular weight excluding hydrogens is 522 g/mol. The van der Waals surface area contributed by atoms with Gasteiger partial charge in [-0.1, -0.05) is 48.5 Å². The Morgan fingerprint density at radius 1 is 1.07 bits per heavy atom. The molecule has 0 saturated carbocycles. The number of carbonyl (C=O) groups excluding carboxylic acids is 2. The second kappa shape index (κ2) is 11.9. The van der Waals surface area contributed by atoms with Gasteiger partial charge in [0.25, 0.3) is 0 Å². The van der Waals surface area contributed by atoms with E-state index in [-0.39, 0.29) is 31.4 Å². The van der Waals surface area contributed by atoms with Crippen molar-refractivity contribution < 1.29 is 29.0 Å². The van der Waals surface area contributed by atoms with Crippen molar-refractivity contribution in [2.24, 2.45) is 0 Å². The van der Waals surface area contributed by atoms with E-state index in [0.717, 1.165) is 38.7 Å². The van der Waals surface area contributed by atoms with E-state index in [1.54, 1.807) is 31.4 Å². The first-order valence-electron chi connectivity index (χ1n) is 13.1. The van der Waals surface area contributed by atoms with Crippen molar-refractivity contribution in [2.45, 2.75) is 24.9 Å². The number of aliphatic carboxylic acids is 1. The molecule has 1 heterocycles. The van der Waals surface area contributed by atoms with Crippen LogP contribution in [0.5, 0.6) is 5.75 Å². The van der Waals surface area contributed by atoms with Gasteiger partial charge in [-0.05, 0) is 46.0 Å². The second-order valence-electron chi connectivity index (χ2n) is 9.83. The summed E-state index contributed by atoms with van der Waals surface area (Å²) in [5, 5.41) is 12.3. The van der Waals surface area contributed by atoms with Crippen LogP contribution in [0.15, 0.2) is 72.9 Å². The van der Waals surface area contributed by atoms with E-state index < -0.39 is 24.7 Å². The number of carboxylic acid groups (broad SMARTS) is 1. The summed E-state index contributed by atoms with van der Waals surface area (Å²) in [6.45, 7) is -0.123. The summed E-state index contributed by atoms with van der Waals surface area (Å²) in [4.78, 5) is 41.6. The lowest BCUT2D eigenvalue weighted by atomic mass is 9.98. The average molecular weight is 552 g/mol. The Kier molecular flexibility index (Phi) is 7.92. The molecular formula is C32H29N3O6. The third kappa shape index (κ3) is 5.87. The van der Waals surface area contributed by atoms with E-state index in [9.17, 15) is 14.4 Å². The molecule has 2 amide bonds. The monoisotopic (exact) mass is 551 g/mol. The third-order valence-electron chi connectivity index (χ3n) is 7.14. The van der Waals surface area contributed by atoms with Crippen LogP contribution in [-0.4, -0.2) is 59.3 Å². The Morgan fingerprint density at radius 2 is 1.76 bits per heavy atom. The maximum absolute atomic E-state index is 13.3. The first kappa shape index (κ1) is 27.3. The number of carboxylic acids is 1. The van der Waals surface area contributed by atoms with Crippen LogP contribution in [-0.2, 0) is 20.9 Å². The normalized spacial score (nSPS) is 12.6. The molecule has 5 rings (SSSR count). The van der Waals surface area contributed by atoms with E-state index in [2.05, 4.69) is 28.4 Å². The molecule has 1 aromatic heterocycles. The van der Waals surface area contributed by atoms with Crippen molar-refractivity contribution in [1.82, 2.24) is 15.2 Å². The Bertz CT molecular complexity index is 1610. The van der Waals surface area contributed by atoms with E-state index >= 15 is 0 Å². The number of hydrogen-bond donors (Lipinski definition) is 3. The molecule has 9 heteroatoms.